The molecule has 6 nitrogen and oxygen atoms in total. The van der Waals surface area contributed by atoms with Crippen molar-refractivity contribution in [2.24, 2.45) is 0 Å². The van der Waals surface area contributed by atoms with Crippen LogP contribution >= 0.6 is 0 Å². The van der Waals surface area contributed by atoms with Crippen LogP contribution in [0.1, 0.15) is 30.2 Å². The minimum Gasteiger partial charge on any atom is -0.368 e. The maximum absolute atomic E-state index is 13.1. The summed E-state index contributed by atoms with van der Waals surface area (Å²) in [5, 5.41) is 0. The molecule has 1 aromatic heterocycles. The summed E-state index contributed by atoms with van der Waals surface area (Å²) in [7, 11) is 0. The van der Waals surface area contributed by atoms with Crippen molar-refractivity contribution in [3.8, 4) is 0 Å². The Balaban J connectivity index is 1.69. The molecule has 0 aliphatic carbocycles. The minimum absolute atomic E-state index is 0.0623. The number of anilines is 2. The zero-order valence-electron chi connectivity index (χ0n) is 16.2. The highest BCUT2D eigenvalue weighted by molar-refractivity contribution is 5.93. The average Bonchev–Trinajstić information content (AvgIpc) is 2.69. The molecule has 1 saturated heterocycles. The third-order valence-electron chi connectivity index (χ3n) is 4.89. The van der Waals surface area contributed by atoms with Crippen LogP contribution in [-0.4, -0.2) is 60.0 Å². The standard InChI is InChI=1S/C20H26FN5O/c1-4-24(5-2)19-14-18(22-15(3)23-19)20(27)26-12-10-25(11-13-26)17-8-6-16(21)7-9-17/h6-9,14H,4-5,10-13H2,1-3H3. The van der Waals surface area contributed by atoms with E-state index in [1.165, 1.54) is 12.1 Å². The third kappa shape index (κ3) is 4.35. The molecule has 0 unspecified atom stereocenters. The SMILES string of the molecule is CCN(CC)c1cc(C(=O)N2CCN(c3ccc(F)cc3)CC2)nc(C)n1. The Morgan fingerprint density at radius 2 is 1.70 bits per heavy atom. The molecule has 144 valence electrons. The number of hydrogen-bond acceptors (Lipinski definition) is 5. The van der Waals surface area contributed by atoms with Gasteiger partial charge in [-0.25, -0.2) is 14.4 Å². The van der Waals surface area contributed by atoms with E-state index in [-0.39, 0.29) is 11.7 Å². The van der Waals surface area contributed by atoms with Gasteiger partial charge in [0.15, 0.2) is 0 Å². The third-order valence-corrected chi connectivity index (χ3v) is 4.89. The highest BCUT2D eigenvalue weighted by Crippen LogP contribution is 2.19. The van der Waals surface area contributed by atoms with Gasteiger partial charge in [0, 0.05) is 51.0 Å². The number of piperazine rings is 1. The van der Waals surface area contributed by atoms with Crippen molar-refractivity contribution in [1.82, 2.24) is 14.9 Å². The molecule has 0 saturated carbocycles. The lowest BCUT2D eigenvalue weighted by Gasteiger charge is -2.36. The lowest BCUT2D eigenvalue weighted by Crippen LogP contribution is -2.49. The highest BCUT2D eigenvalue weighted by Gasteiger charge is 2.24. The topological polar surface area (TPSA) is 52.6 Å². The summed E-state index contributed by atoms with van der Waals surface area (Å²) >= 11 is 0. The zero-order valence-corrected chi connectivity index (χ0v) is 16.2. The number of aromatic nitrogens is 2. The van der Waals surface area contributed by atoms with Crippen molar-refractivity contribution in [1.29, 1.82) is 0 Å². The van der Waals surface area contributed by atoms with Crippen LogP contribution in [0.15, 0.2) is 30.3 Å². The Morgan fingerprint density at radius 1 is 1.07 bits per heavy atom. The zero-order chi connectivity index (χ0) is 19.4. The number of nitrogens with zero attached hydrogens (tertiary/aromatic N) is 5. The summed E-state index contributed by atoms with van der Waals surface area (Å²) in [6.07, 6.45) is 0. The number of amides is 1. The van der Waals surface area contributed by atoms with Crippen LogP contribution in [0.3, 0.4) is 0 Å². The largest absolute Gasteiger partial charge is 0.368 e. The molecule has 27 heavy (non-hydrogen) atoms. The first kappa shape index (κ1) is 19.1. The smallest absolute Gasteiger partial charge is 0.272 e. The molecule has 1 aromatic carbocycles. The van der Waals surface area contributed by atoms with Gasteiger partial charge < -0.3 is 14.7 Å². The maximum atomic E-state index is 13.1. The van der Waals surface area contributed by atoms with Gasteiger partial charge in [-0.3, -0.25) is 4.79 Å². The van der Waals surface area contributed by atoms with Crippen LogP contribution in [0.25, 0.3) is 0 Å². The fraction of sp³-hybridized carbons (Fsp3) is 0.450. The van der Waals surface area contributed by atoms with E-state index in [4.69, 9.17) is 0 Å². The number of rotatable bonds is 5. The molecule has 7 heteroatoms. The minimum atomic E-state index is -0.240. The molecule has 1 fully saturated rings. The normalized spacial score (nSPS) is 14.4. The predicted molar refractivity (Wildman–Crippen MR) is 105 cm³/mol. The van der Waals surface area contributed by atoms with Gasteiger partial charge in [-0.15, -0.1) is 0 Å². The Labute approximate surface area is 159 Å². The summed E-state index contributed by atoms with van der Waals surface area (Å²) in [6, 6.07) is 8.26. The van der Waals surface area contributed by atoms with Gasteiger partial charge in [0.2, 0.25) is 0 Å². The lowest BCUT2D eigenvalue weighted by molar-refractivity contribution is 0.0740. The van der Waals surface area contributed by atoms with Crippen molar-refractivity contribution in [3.63, 3.8) is 0 Å². The molecule has 0 radical (unpaired) electrons. The van der Waals surface area contributed by atoms with Gasteiger partial charge in [0.05, 0.1) is 0 Å². The molecule has 1 aliphatic rings. The average molecular weight is 371 g/mol. The van der Waals surface area contributed by atoms with E-state index in [9.17, 15) is 9.18 Å². The van der Waals surface area contributed by atoms with Crippen LogP contribution in [0, 0.1) is 12.7 Å². The monoisotopic (exact) mass is 371 g/mol. The molecule has 1 amide bonds. The van der Waals surface area contributed by atoms with E-state index in [1.807, 2.05) is 11.8 Å². The Kier molecular flexibility index (Phi) is 5.88. The Bertz CT molecular complexity index is 783. The molecule has 0 atom stereocenters. The van der Waals surface area contributed by atoms with Gasteiger partial charge in [-0.05, 0) is 45.0 Å². The molecule has 0 N–H and O–H groups in total. The van der Waals surface area contributed by atoms with E-state index in [2.05, 4.69) is 33.6 Å². The van der Waals surface area contributed by atoms with Gasteiger partial charge in [0.1, 0.15) is 23.2 Å². The van der Waals surface area contributed by atoms with E-state index < -0.39 is 0 Å². The molecular weight excluding hydrogens is 345 g/mol. The van der Waals surface area contributed by atoms with E-state index in [0.717, 1.165) is 24.6 Å². The van der Waals surface area contributed by atoms with Crippen molar-refractivity contribution < 1.29 is 9.18 Å². The molecule has 0 spiro atoms. The molecule has 0 bridgehead atoms. The summed E-state index contributed by atoms with van der Waals surface area (Å²) in [6.45, 7) is 10.3. The van der Waals surface area contributed by atoms with Crippen molar-refractivity contribution in [2.45, 2.75) is 20.8 Å². The first-order chi connectivity index (χ1) is 13.0. The second-order valence-corrected chi connectivity index (χ2v) is 6.59. The number of aryl methyl sites for hydroxylation is 1. The second kappa shape index (κ2) is 8.33. The lowest BCUT2D eigenvalue weighted by atomic mass is 10.2. The van der Waals surface area contributed by atoms with Crippen LogP contribution < -0.4 is 9.80 Å². The van der Waals surface area contributed by atoms with Crippen molar-refractivity contribution in [3.05, 3.63) is 47.7 Å². The van der Waals surface area contributed by atoms with Gasteiger partial charge in [-0.2, -0.15) is 0 Å². The van der Waals surface area contributed by atoms with Crippen LogP contribution in [-0.2, 0) is 0 Å². The quantitative estimate of drug-likeness (QED) is 0.809. The fourth-order valence-electron chi connectivity index (χ4n) is 3.35. The summed E-state index contributed by atoms with van der Waals surface area (Å²) in [5.74, 6) is 1.09. The van der Waals surface area contributed by atoms with Gasteiger partial charge in [-0.1, -0.05) is 0 Å². The van der Waals surface area contributed by atoms with Crippen LogP contribution in [0.5, 0.6) is 0 Å². The Hall–Kier alpha value is -2.70. The van der Waals surface area contributed by atoms with E-state index in [0.29, 0.717) is 37.7 Å². The van der Waals surface area contributed by atoms with Gasteiger partial charge >= 0.3 is 0 Å². The number of hydrogen-bond donors (Lipinski definition) is 0. The number of carbonyl (C=O) groups excluding carboxylic acids is 1. The van der Waals surface area contributed by atoms with Crippen LogP contribution in [0.2, 0.25) is 0 Å². The van der Waals surface area contributed by atoms with Crippen molar-refractivity contribution in [2.75, 3.05) is 49.1 Å². The maximum Gasteiger partial charge on any atom is 0.272 e. The molecule has 2 heterocycles. The Morgan fingerprint density at radius 3 is 2.30 bits per heavy atom. The second-order valence-electron chi connectivity index (χ2n) is 6.59. The molecule has 2 aromatic rings. The predicted octanol–water partition coefficient (Wildman–Crippen LogP) is 2.73. The first-order valence-corrected chi connectivity index (χ1v) is 9.42. The molecule has 1 aliphatic heterocycles. The summed E-state index contributed by atoms with van der Waals surface area (Å²) in [5.41, 5.74) is 1.42. The van der Waals surface area contributed by atoms with Crippen molar-refractivity contribution >= 4 is 17.4 Å². The van der Waals surface area contributed by atoms with E-state index >= 15 is 0 Å². The molecular formula is C20H26FN5O. The highest BCUT2D eigenvalue weighted by atomic mass is 19.1. The number of halogens is 1. The fourth-order valence-corrected chi connectivity index (χ4v) is 3.35. The summed E-state index contributed by atoms with van der Waals surface area (Å²) in [4.78, 5) is 27.9. The summed E-state index contributed by atoms with van der Waals surface area (Å²) < 4.78 is 13.1. The molecule has 3 rings (SSSR count). The first-order valence-electron chi connectivity index (χ1n) is 9.42. The van der Waals surface area contributed by atoms with E-state index in [1.54, 1.807) is 18.2 Å². The van der Waals surface area contributed by atoms with Gasteiger partial charge in [0.25, 0.3) is 5.91 Å². The number of carbonyl (C=O) groups is 1. The van der Waals surface area contributed by atoms with Crippen LogP contribution in [0.4, 0.5) is 15.9 Å². The number of benzene rings is 1.